The summed E-state index contributed by atoms with van der Waals surface area (Å²) in [6.07, 6.45) is 0. The second-order valence-electron chi connectivity index (χ2n) is 11.7. The third-order valence-corrected chi connectivity index (χ3v) is 9.12. The van der Waals surface area contributed by atoms with Crippen molar-refractivity contribution in [2.24, 2.45) is 0 Å². The first kappa shape index (κ1) is 24.3. The van der Waals surface area contributed by atoms with Gasteiger partial charge >= 0.3 is 0 Å². The van der Waals surface area contributed by atoms with E-state index in [1.807, 2.05) is 36.4 Å². The lowest BCUT2D eigenvalue weighted by Crippen LogP contribution is -2.00. The molecule has 8 aromatic carbocycles. The summed E-state index contributed by atoms with van der Waals surface area (Å²) in [6, 6.07) is 51.2. The number of aromatic nitrogens is 4. The minimum atomic E-state index is 0.655. The van der Waals surface area contributed by atoms with Gasteiger partial charge in [-0.05, 0) is 57.3 Å². The van der Waals surface area contributed by atoms with E-state index in [0.717, 1.165) is 27.9 Å². The first-order chi connectivity index (χ1) is 22.3. The fraction of sp³-hybridized carbons (Fsp3) is 0. The van der Waals surface area contributed by atoms with Crippen LogP contribution in [0.2, 0.25) is 0 Å². The van der Waals surface area contributed by atoms with Crippen molar-refractivity contribution in [1.29, 1.82) is 0 Å². The first-order valence-electron chi connectivity index (χ1n) is 15.2. The van der Waals surface area contributed by atoms with E-state index >= 15 is 0 Å². The van der Waals surface area contributed by atoms with E-state index < -0.39 is 0 Å². The molecule has 0 saturated heterocycles. The Morgan fingerprint density at radius 3 is 1.60 bits per heavy atom. The summed E-state index contributed by atoms with van der Waals surface area (Å²) in [5, 5.41) is 10.2. The van der Waals surface area contributed by atoms with Gasteiger partial charge in [-0.3, -0.25) is 0 Å². The highest BCUT2D eigenvalue weighted by atomic mass is 15.0. The molecule has 2 aromatic heterocycles. The molecule has 0 unspecified atom stereocenters. The lowest BCUT2D eigenvalue weighted by Gasteiger charge is -2.14. The third kappa shape index (κ3) is 3.51. The molecule has 0 aliphatic carbocycles. The Labute approximate surface area is 258 Å². The summed E-state index contributed by atoms with van der Waals surface area (Å²) in [4.78, 5) is 15.2. The van der Waals surface area contributed by atoms with Crippen LogP contribution in [0.3, 0.4) is 0 Å². The molecule has 0 saturated carbocycles. The van der Waals surface area contributed by atoms with Crippen molar-refractivity contribution in [2.45, 2.75) is 0 Å². The number of para-hydroxylation sites is 1. The van der Waals surface area contributed by atoms with Crippen LogP contribution >= 0.6 is 0 Å². The molecule has 0 fully saturated rings. The molecule has 4 nitrogen and oxygen atoms in total. The molecule has 10 aromatic rings. The van der Waals surface area contributed by atoms with Crippen LogP contribution in [0.1, 0.15) is 0 Å². The average molecular weight is 573 g/mol. The van der Waals surface area contributed by atoms with Gasteiger partial charge in [0.05, 0.1) is 11.0 Å². The highest BCUT2D eigenvalue weighted by Gasteiger charge is 2.24. The zero-order valence-corrected chi connectivity index (χ0v) is 24.1. The maximum Gasteiger partial charge on any atom is 0.164 e. The highest BCUT2D eigenvalue weighted by Crippen LogP contribution is 2.48. The highest BCUT2D eigenvalue weighted by molar-refractivity contribution is 6.40. The fourth-order valence-electron chi connectivity index (χ4n) is 7.18. The number of nitrogens with zero attached hydrogens (tertiary/aromatic N) is 4. The fourth-order valence-corrected chi connectivity index (χ4v) is 7.18. The van der Waals surface area contributed by atoms with Crippen molar-refractivity contribution in [2.75, 3.05) is 0 Å². The van der Waals surface area contributed by atoms with E-state index in [9.17, 15) is 0 Å². The Kier molecular flexibility index (Phi) is 4.96. The minimum Gasteiger partial charge on any atom is -0.309 e. The summed E-state index contributed by atoms with van der Waals surface area (Å²) < 4.78 is 2.40. The van der Waals surface area contributed by atoms with E-state index in [1.165, 1.54) is 48.6 Å². The second-order valence-corrected chi connectivity index (χ2v) is 11.7. The van der Waals surface area contributed by atoms with E-state index in [2.05, 4.69) is 114 Å². The van der Waals surface area contributed by atoms with Crippen molar-refractivity contribution in [3.05, 3.63) is 146 Å². The quantitative estimate of drug-likeness (QED) is 0.156. The summed E-state index contributed by atoms with van der Waals surface area (Å²) in [7, 11) is 0. The summed E-state index contributed by atoms with van der Waals surface area (Å²) in [5.41, 5.74) is 6.35. The molecule has 0 bridgehead atoms. The molecule has 0 atom stereocenters. The zero-order valence-electron chi connectivity index (χ0n) is 24.1. The van der Waals surface area contributed by atoms with E-state index in [-0.39, 0.29) is 0 Å². The SMILES string of the molecule is c1ccc(-c2nc(-c3ccccc3)nc(-c3cc4c5cccc6ccc7ccc8c(c7c65)c4c(c3)n8-c3ccccc3)n2)cc1. The Balaban J connectivity index is 1.37. The van der Waals surface area contributed by atoms with Crippen LogP contribution in [0.4, 0.5) is 0 Å². The molecule has 0 N–H and O–H groups in total. The van der Waals surface area contributed by atoms with Crippen LogP contribution in [0, 0.1) is 0 Å². The molecule has 0 radical (unpaired) electrons. The maximum atomic E-state index is 5.11. The van der Waals surface area contributed by atoms with Gasteiger partial charge < -0.3 is 4.57 Å². The lowest BCUT2D eigenvalue weighted by molar-refractivity contribution is 1.07. The van der Waals surface area contributed by atoms with Gasteiger partial charge in [-0.15, -0.1) is 0 Å². The maximum absolute atomic E-state index is 5.11. The van der Waals surface area contributed by atoms with Gasteiger partial charge in [0.2, 0.25) is 0 Å². The monoisotopic (exact) mass is 572 g/mol. The smallest absolute Gasteiger partial charge is 0.164 e. The van der Waals surface area contributed by atoms with Crippen molar-refractivity contribution >= 4 is 54.1 Å². The normalized spacial score (nSPS) is 12.0. The molecule has 0 amide bonds. The molecule has 2 heterocycles. The van der Waals surface area contributed by atoms with Crippen molar-refractivity contribution < 1.29 is 0 Å². The predicted molar refractivity (Wildman–Crippen MR) is 185 cm³/mol. The zero-order chi connectivity index (χ0) is 29.5. The second kappa shape index (κ2) is 9.18. The van der Waals surface area contributed by atoms with Gasteiger partial charge in [0.1, 0.15) is 0 Å². The molecule has 10 rings (SSSR count). The molecule has 0 aliphatic rings. The Hall–Kier alpha value is -6.13. The van der Waals surface area contributed by atoms with Crippen LogP contribution in [-0.4, -0.2) is 19.5 Å². The average Bonchev–Trinajstić information content (AvgIpc) is 3.46. The van der Waals surface area contributed by atoms with Crippen molar-refractivity contribution in [1.82, 2.24) is 19.5 Å². The summed E-state index contributed by atoms with van der Waals surface area (Å²) >= 11 is 0. The first-order valence-corrected chi connectivity index (χ1v) is 15.2. The molecule has 0 aliphatic heterocycles. The van der Waals surface area contributed by atoms with Crippen LogP contribution in [-0.2, 0) is 0 Å². The molecule has 208 valence electrons. The van der Waals surface area contributed by atoms with Gasteiger partial charge in [0.25, 0.3) is 0 Å². The van der Waals surface area contributed by atoms with E-state index in [0.29, 0.717) is 17.5 Å². The van der Waals surface area contributed by atoms with Gasteiger partial charge in [-0.2, -0.15) is 0 Å². The van der Waals surface area contributed by atoms with Gasteiger partial charge in [0.15, 0.2) is 17.5 Å². The van der Waals surface area contributed by atoms with Crippen LogP contribution in [0.5, 0.6) is 0 Å². The van der Waals surface area contributed by atoms with Crippen molar-refractivity contribution in [3.63, 3.8) is 0 Å². The number of hydrogen-bond acceptors (Lipinski definition) is 3. The number of hydrogen-bond donors (Lipinski definition) is 0. The third-order valence-electron chi connectivity index (χ3n) is 9.12. The van der Waals surface area contributed by atoms with Crippen LogP contribution < -0.4 is 0 Å². The molecular formula is C41H24N4. The largest absolute Gasteiger partial charge is 0.309 e. The van der Waals surface area contributed by atoms with Crippen molar-refractivity contribution in [3.8, 4) is 39.9 Å². The van der Waals surface area contributed by atoms with Gasteiger partial charge in [0, 0.05) is 38.5 Å². The molecular weight excluding hydrogens is 548 g/mol. The Morgan fingerprint density at radius 2 is 0.933 bits per heavy atom. The van der Waals surface area contributed by atoms with Crippen LogP contribution in [0.25, 0.3) is 94.0 Å². The van der Waals surface area contributed by atoms with E-state index in [4.69, 9.17) is 15.0 Å². The Bertz CT molecular complexity index is 2620. The molecule has 45 heavy (non-hydrogen) atoms. The van der Waals surface area contributed by atoms with Gasteiger partial charge in [-0.1, -0.05) is 115 Å². The van der Waals surface area contributed by atoms with Gasteiger partial charge in [-0.25, -0.2) is 15.0 Å². The number of benzene rings is 8. The lowest BCUT2D eigenvalue weighted by atomic mass is 9.89. The Morgan fingerprint density at radius 1 is 0.356 bits per heavy atom. The number of rotatable bonds is 4. The summed E-state index contributed by atoms with van der Waals surface area (Å²) in [5.74, 6) is 1.97. The minimum absolute atomic E-state index is 0.655. The standard InChI is InChI=1S/C41H24N4/c1-4-11-27(12-5-1)39-42-40(28-13-6-2-7-14-28)44-41(43-39)29-23-32-31-18-10-15-25-19-20-26-21-22-33-38(36(26)35(25)31)37(32)34(24-29)45(33)30-16-8-3-9-17-30/h1-24H. The molecule has 4 heteroatoms. The summed E-state index contributed by atoms with van der Waals surface area (Å²) in [6.45, 7) is 0. The molecule has 0 spiro atoms. The topological polar surface area (TPSA) is 43.6 Å². The predicted octanol–water partition coefficient (Wildman–Crippen LogP) is 10.3. The van der Waals surface area contributed by atoms with Crippen LogP contribution in [0.15, 0.2) is 146 Å². The number of fused-ring (bicyclic) bond motifs is 1. The van der Waals surface area contributed by atoms with E-state index in [1.54, 1.807) is 0 Å².